The molecule has 2 aliphatic rings. The second-order valence-corrected chi connectivity index (χ2v) is 7.76. The monoisotopic (exact) mass is 391 g/mol. The molecule has 154 valence electrons. The quantitative estimate of drug-likeness (QED) is 0.275. The summed E-state index contributed by atoms with van der Waals surface area (Å²) >= 11 is 0. The van der Waals surface area contributed by atoms with Crippen LogP contribution in [0.3, 0.4) is 0 Å². The highest BCUT2D eigenvalue weighted by atomic mass is 16.5. The van der Waals surface area contributed by atoms with E-state index in [4.69, 9.17) is 10.4 Å². The highest BCUT2D eigenvalue weighted by molar-refractivity contribution is 6.46. The van der Waals surface area contributed by atoms with Crippen molar-refractivity contribution in [2.75, 3.05) is 13.1 Å². The summed E-state index contributed by atoms with van der Waals surface area (Å²) in [5, 5.41) is 35.5. The molecule has 0 bridgehead atoms. The Morgan fingerprint density at radius 3 is 2.71 bits per heavy atom. The number of benzene rings is 1. The molecule has 1 saturated carbocycles. The highest BCUT2D eigenvalue weighted by Crippen LogP contribution is 2.33. The fourth-order valence-corrected chi connectivity index (χ4v) is 4.16. The van der Waals surface area contributed by atoms with E-state index in [2.05, 4.69) is 10.6 Å². The Bertz CT molecular complexity index is 667. The van der Waals surface area contributed by atoms with E-state index >= 15 is 0 Å². The zero-order valence-corrected chi connectivity index (χ0v) is 16.0. The van der Waals surface area contributed by atoms with Crippen molar-refractivity contribution in [3.05, 3.63) is 29.3 Å². The number of aliphatic hydroxyl groups excluding tert-OH is 1. The van der Waals surface area contributed by atoms with E-state index < -0.39 is 19.3 Å². The molecule has 1 heterocycles. The summed E-state index contributed by atoms with van der Waals surface area (Å²) in [6.07, 6.45) is 3.23. The average molecular weight is 391 g/mol. The standard InChI is InChI=1S/C19H30BN3O5/c21-8-9-22-14-6-4-12(5-7-14)10-17(24)23-16-11-13-2-1-3-15(19(25)26)18(13)28-20(16)27/h1-3,12,14,16,19,22,25-27H,4-11,21H2,(H,23,24)/t12?,14?,16-/m0/s1. The first-order valence-corrected chi connectivity index (χ1v) is 10.0. The summed E-state index contributed by atoms with van der Waals surface area (Å²) in [5.41, 5.74) is 6.46. The van der Waals surface area contributed by atoms with E-state index in [1.165, 1.54) is 6.07 Å². The van der Waals surface area contributed by atoms with Gasteiger partial charge in [0.2, 0.25) is 5.91 Å². The first-order chi connectivity index (χ1) is 13.5. The number of hydrogen-bond donors (Lipinski definition) is 6. The van der Waals surface area contributed by atoms with E-state index in [0.717, 1.165) is 37.8 Å². The number of carbonyl (C=O) groups is 1. The van der Waals surface area contributed by atoms with Gasteiger partial charge in [0.1, 0.15) is 5.75 Å². The van der Waals surface area contributed by atoms with Crippen molar-refractivity contribution in [1.29, 1.82) is 0 Å². The van der Waals surface area contributed by atoms with Crippen molar-refractivity contribution in [2.24, 2.45) is 11.7 Å². The molecule has 0 saturated heterocycles. The van der Waals surface area contributed by atoms with Crippen LogP contribution < -0.4 is 21.0 Å². The Labute approximate surface area is 165 Å². The van der Waals surface area contributed by atoms with Crippen molar-refractivity contribution in [1.82, 2.24) is 10.6 Å². The molecule has 0 aromatic heterocycles. The first-order valence-electron chi connectivity index (χ1n) is 10.0. The minimum atomic E-state index is -1.68. The predicted molar refractivity (Wildman–Crippen MR) is 105 cm³/mol. The number of rotatable bonds is 7. The second kappa shape index (κ2) is 9.71. The third kappa shape index (κ3) is 5.24. The third-order valence-corrected chi connectivity index (χ3v) is 5.67. The van der Waals surface area contributed by atoms with Gasteiger partial charge in [0.15, 0.2) is 6.29 Å². The molecular formula is C19H30BN3O5. The Morgan fingerprint density at radius 2 is 2.04 bits per heavy atom. The molecule has 9 heteroatoms. The number of para-hydroxylation sites is 1. The molecule has 7 N–H and O–H groups in total. The van der Waals surface area contributed by atoms with Gasteiger partial charge in [0, 0.05) is 31.1 Å². The van der Waals surface area contributed by atoms with Gasteiger partial charge >= 0.3 is 7.12 Å². The molecule has 8 nitrogen and oxygen atoms in total. The first kappa shape index (κ1) is 21.1. The maximum absolute atomic E-state index is 12.5. The lowest BCUT2D eigenvalue weighted by molar-refractivity contribution is -0.122. The SMILES string of the molecule is NCCNC1CCC(CC(=O)N[C@H]2Cc3cccc(C(O)O)c3OB2O)CC1. The molecule has 3 rings (SSSR count). The van der Waals surface area contributed by atoms with Gasteiger partial charge in [0.25, 0.3) is 0 Å². The second-order valence-electron chi connectivity index (χ2n) is 7.76. The molecule has 0 spiro atoms. The summed E-state index contributed by atoms with van der Waals surface area (Å²) in [4.78, 5) is 12.5. The minimum Gasteiger partial charge on any atom is -0.534 e. The molecule has 28 heavy (non-hydrogen) atoms. The van der Waals surface area contributed by atoms with Gasteiger partial charge in [-0.15, -0.1) is 0 Å². The highest BCUT2D eigenvalue weighted by Gasteiger charge is 2.37. The molecular weight excluding hydrogens is 361 g/mol. The zero-order valence-electron chi connectivity index (χ0n) is 16.0. The van der Waals surface area contributed by atoms with Gasteiger partial charge in [-0.25, -0.2) is 0 Å². The molecule has 1 atom stereocenters. The minimum absolute atomic E-state index is 0.0900. The smallest absolute Gasteiger partial charge is 0.534 e. The van der Waals surface area contributed by atoms with E-state index in [-0.39, 0.29) is 17.2 Å². The van der Waals surface area contributed by atoms with Crippen LogP contribution in [0, 0.1) is 5.92 Å². The zero-order chi connectivity index (χ0) is 20.1. The molecule has 0 radical (unpaired) electrons. The van der Waals surface area contributed by atoms with Gasteiger partial charge in [-0.3, -0.25) is 4.79 Å². The summed E-state index contributed by atoms with van der Waals surface area (Å²) in [7, 11) is -1.23. The molecule has 1 aliphatic carbocycles. The maximum Gasteiger partial charge on any atom is 0.547 e. The predicted octanol–water partition coefficient (Wildman–Crippen LogP) is -0.394. The van der Waals surface area contributed by atoms with Crippen LogP contribution in [0.5, 0.6) is 5.75 Å². The summed E-state index contributed by atoms with van der Waals surface area (Å²) in [5.74, 6) is -0.0266. The van der Waals surface area contributed by atoms with Crippen molar-refractivity contribution in [3.63, 3.8) is 0 Å². The summed E-state index contributed by atoms with van der Waals surface area (Å²) < 4.78 is 5.48. The van der Waals surface area contributed by atoms with Crippen LogP contribution in [0.25, 0.3) is 0 Å². The number of nitrogens with one attached hydrogen (secondary N) is 2. The van der Waals surface area contributed by atoms with E-state index in [9.17, 15) is 20.0 Å². The van der Waals surface area contributed by atoms with Crippen LogP contribution in [-0.4, -0.2) is 53.3 Å². The van der Waals surface area contributed by atoms with Crippen molar-refractivity contribution in [2.45, 2.75) is 56.8 Å². The lowest BCUT2D eigenvalue weighted by atomic mass is 9.72. The number of nitrogens with two attached hydrogens (primary N) is 1. The van der Waals surface area contributed by atoms with Crippen LogP contribution in [-0.2, 0) is 11.2 Å². The summed E-state index contributed by atoms with van der Waals surface area (Å²) in [6.45, 7) is 1.46. The van der Waals surface area contributed by atoms with Crippen LogP contribution in [0.2, 0.25) is 0 Å². The Kier molecular flexibility index (Phi) is 7.31. The number of amides is 1. The van der Waals surface area contributed by atoms with Gasteiger partial charge < -0.3 is 36.3 Å². The van der Waals surface area contributed by atoms with E-state index in [0.29, 0.717) is 31.3 Å². The van der Waals surface area contributed by atoms with Crippen molar-refractivity contribution in [3.8, 4) is 5.75 Å². The van der Waals surface area contributed by atoms with Crippen LogP contribution >= 0.6 is 0 Å². The fourth-order valence-electron chi connectivity index (χ4n) is 4.16. The van der Waals surface area contributed by atoms with Crippen molar-refractivity contribution < 1.29 is 24.7 Å². The largest absolute Gasteiger partial charge is 0.547 e. The molecule has 0 unspecified atom stereocenters. The van der Waals surface area contributed by atoms with Gasteiger partial charge in [0.05, 0.1) is 5.94 Å². The Balaban J connectivity index is 1.51. The molecule has 1 aliphatic heterocycles. The Hall–Kier alpha value is -1.65. The molecule has 1 aromatic rings. The van der Waals surface area contributed by atoms with Crippen LogP contribution in [0.15, 0.2) is 18.2 Å². The van der Waals surface area contributed by atoms with Gasteiger partial charge in [-0.2, -0.15) is 0 Å². The Morgan fingerprint density at radius 1 is 1.29 bits per heavy atom. The number of fused-ring (bicyclic) bond motifs is 1. The molecule has 1 fully saturated rings. The lowest BCUT2D eigenvalue weighted by Gasteiger charge is -2.31. The summed E-state index contributed by atoms with van der Waals surface area (Å²) in [6, 6.07) is 5.52. The lowest BCUT2D eigenvalue weighted by Crippen LogP contribution is -2.53. The van der Waals surface area contributed by atoms with Gasteiger partial charge in [-0.1, -0.05) is 18.2 Å². The number of aliphatic hydroxyl groups is 2. The number of carbonyl (C=O) groups excluding carboxylic acids is 1. The molecule has 1 aromatic carbocycles. The van der Waals surface area contributed by atoms with Crippen molar-refractivity contribution >= 4 is 13.0 Å². The third-order valence-electron chi connectivity index (χ3n) is 5.67. The number of hydrogen-bond acceptors (Lipinski definition) is 7. The maximum atomic E-state index is 12.5. The van der Waals surface area contributed by atoms with E-state index in [1.807, 2.05) is 0 Å². The van der Waals surface area contributed by atoms with Crippen LogP contribution in [0.1, 0.15) is 49.5 Å². The van der Waals surface area contributed by atoms with Gasteiger partial charge in [-0.05, 0) is 43.6 Å². The van der Waals surface area contributed by atoms with Crippen LogP contribution in [0.4, 0.5) is 0 Å². The average Bonchev–Trinajstić information content (AvgIpc) is 2.67. The normalized spacial score (nSPS) is 24.6. The molecule has 1 amide bonds. The van der Waals surface area contributed by atoms with E-state index in [1.54, 1.807) is 12.1 Å². The fraction of sp³-hybridized carbons (Fsp3) is 0.632. The topological polar surface area (TPSA) is 137 Å².